The molecule has 19 heavy (non-hydrogen) atoms. The minimum absolute atomic E-state index is 0.0253. The molecule has 0 radical (unpaired) electrons. The van der Waals surface area contributed by atoms with Crippen LogP contribution < -0.4 is 19.5 Å². The first kappa shape index (κ1) is 15.6. The van der Waals surface area contributed by atoms with Crippen molar-refractivity contribution in [3.05, 3.63) is 18.2 Å². The van der Waals surface area contributed by atoms with Gasteiger partial charge in [-0.1, -0.05) is 13.0 Å². The first-order valence-electron chi connectivity index (χ1n) is 6.44. The molecule has 5 heteroatoms. The quantitative estimate of drug-likeness (QED) is 0.710. The molecule has 0 saturated carbocycles. The topological polar surface area (TPSA) is 60.0 Å². The third kappa shape index (κ3) is 4.61. The largest absolute Gasteiger partial charge is 0.493 e. The van der Waals surface area contributed by atoms with Gasteiger partial charge in [-0.15, -0.1) is 0 Å². The van der Waals surface area contributed by atoms with Crippen LogP contribution >= 0.6 is 0 Å². The van der Waals surface area contributed by atoms with Crippen molar-refractivity contribution in [3.8, 4) is 17.2 Å². The monoisotopic (exact) mass is 269 g/mol. The third-order valence-corrected chi connectivity index (χ3v) is 2.71. The molecule has 108 valence electrons. The van der Waals surface area contributed by atoms with Gasteiger partial charge in [0, 0.05) is 0 Å². The second kappa shape index (κ2) is 8.61. The van der Waals surface area contributed by atoms with E-state index >= 15 is 0 Å². The summed E-state index contributed by atoms with van der Waals surface area (Å²) in [4.78, 5) is 0. The maximum Gasteiger partial charge on any atom is 0.203 e. The fourth-order valence-electron chi connectivity index (χ4n) is 1.67. The molecule has 2 N–H and O–H groups in total. The van der Waals surface area contributed by atoms with Crippen molar-refractivity contribution >= 4 is 0 Å². The molecule has 0 bridgehead atoms. The molecule has 5 nitrogen and oxygen atoms in total. The van der Waals surface area contributed by atoms with Gasteiger partial charge in [0.15, 0.2) is 11.5 Å². The fourth-order valence-corrected chi connectivity index (χ4v) is 1.67. The molecule has 1 unspecified atom stereocenters. The molecular weight excluding hydrogens is 246 g/mol. The minimum Gasteiger partial charge on any atom is -0.493 e. The average molecular weight is 269 g/mol. The first-order chi connectivity index (χ1) is 9.26. The van der Waals surface area contributed by atoms with Crippen LogP contribution in [0.25, 0.3) is 0 Å². The number of nitrogens with one attached hydrogen (secondary N) is 1. The van der Waals surface area contributed by atoms with Crippen molar-refractivity contribution in [2.24, 2.45) is 0 Å². The van der Waals surface area contributed by atoms with Gasteiger partial charge in [0.05, 0.1) is 26.9 Å². The molecule has 0 fully saturated rings. The summed E-state index contributed by atoms with van der Waals surface area (Å²) in [6.45, 7) is 3.30. The summed E-state index contributed by atoms with van der Waals surface area (Å²) >= 11 is 0. The van der Waals surface area contributed by atoms with Crippen molar-refractivity contribution in [2.45, 2.75) is 19.4 Å². The Balaban J connectivity index is 2.69. The highest BCUT2D eigenvalue weighted by Gasteiger charge is 2.14. The SMILES string of the molecule is CCCNC(CO)COc1c(OC)cccc1OC. The van der Waals surface area contributed by atoms with Gasteiger partial charge >= 0.3 is 0 Å². The van der Waals surface area contributed by atoms with Gasteiger partial charge < -0.3 is 24.6 Å². The highest BCUT2D eigenvalue weighted by Crippen LogP contribution is 2.36. The predicted octanol–water partition coefficient (Wildman–Crippen LogP) is 1.44. The first-order valence-corrected chi connectivity index (χ1v) is 6.44. The van der Waals surface area contributed by atoms with E-state index in [1.54, 1.807) is 14.2 Å². The van der Waals surface area contributed by atoms with Crippen molar-refractivity contribution in [3.63, 3.8) is 0 Å². The fraction of sp³-hybridized carbons (Fsp3) is 0.571. The second-order valence-corrected chi connectivity index (χ2v) is 4.14. The molecule has 0 saturated heterocycles. The van der Waals surface area contributed by atoms with Crippen LogP contribution in [-0.2, 0) is 0 Å². The van der Waals surface area contributed by atoms with Crippen LogP contribution in [0.2, 0.25) is 0 Å². The van der Waals surface area contributed by atoms with E-state index in [0.717, 1.165) is 13.0 Å². The van der Waals surface area contributed by atoms with Crippen molar-refractivity contribution < 1.29 is 19.3 Å². The maximum absolute atomic E-state index is 9.28. The molecule has 1 atom stereocenters. The van der Waals surface area contributed by atoms with E-state index in [-0.39, 0.29) is 12.6 Å². The molecule has 0 spiro atoms. The van der Waals surface area contributed by atoms with Crippen molar-refractivity contribution in [1.82, 2.24) is 5.32 Å². The number of rotatable bonds is 9. The van der Waals surface area contributed by atoms with Crippen LogP contribution in [0.1, 0.15) is 13.3 Å². The number of para-hydroxylation sites is 1. The molecule has 1 aromatic carbocycles. The van der Waals surface area contributed by atoms with E-state index < -0.39 is 0 Å². The van der Waals surface area contributed by atoms with E-state index in [1.165, 1.54) is 0 Å². The Bertz CT molecular complexity index is 348. The van der Waals surface area contributed by atoms with Crippen LogP contribution in [0.4, 0.5) is 0 Å². The van der Waals surface area contributed by atoms with Gasteiger partial charge in [0.2, 0.25) is 5.75 Å². The molecular formula is C14H23NO4. The van der Waals surface area contributed by atoms with E-state index in [2.05, 4.69) is 12.2 Å². The lowest BCUT2D eigenvalue weighted by molar-refractivity contribution is 0.176. The zero-order chi connectivity index (χ0) is 14.1. The lowest BCUT2D eigenvalue weighted by Crippen LogP contribution is -2.38. The number of hydrogen-bond acceptors (Lipinski definition) is 5. The van der Waals surface area contributed by atoms with Crippen LogP contribution in [-0.4, -0.2) is 45.1 Å². The molecule has 0 aromatic heterocycles. The molecule has 0 amide bonds. The van der Waals surface area contributed by atoms with E-state index in [0.29, 0.717) is 23.9 Å². The molecule has 1 rings (SSSR count). The summed E-state index contributed by atoms with van der Waals surface area (Å²) < 4.78 is 16.2. The predicted molar refractivity (Wildman–Crippen MR) is 74.2 cm³/mol. The van der Waals surface area contributed by atoms with Gasteiger partial charge in [0.1, 0.15) is 6.61 Å². The Morgan fingerprint density at radius 2 is 1.84 bits per heavy atom. The Morgan fingerprint density at radius 1 is 1.21 bits per heavy atom. The lowest BCUT2D eigenvalue weighted by Gasteiger charge is -2.19. The highest BCUT2D eigenvalue weighted by atomic mass is 16.5. The number of benzene rings is 1. The standard InChI is InChI=1S/C14H23NO4/c1-4-8-15-11(9-16)10-19-14-12(17-2)6-5-7-13(14)18-3/h5-7,11,15-16H,4,8-10H2,1-3H3. The summed E-state index contributed by atoms with van der Waals surface area (Å²) in [6.07, 6.45) is 1.01. The molecule has 0 aliphatic rings. The van der Waals surface area contributed by atoms with Gasteiger partial charge in [-0.25, -0.2) is 0 Å². The van der Waals surface area contributed by atoms with Crippen LogP contribution in [0, 0.1) is 0 Å². The molecule has 0 aliphatic heterocycles. The lowest BCUT2D eigenvalue weighted by atomic mass is 10.3. The van der Waals surface area contributed by atoms with E-state index in [1.807, 2.05) is 18.2 Å². The second-order valence-electron chi connectivity index (χ2n) is 4.14. The summed E-state index contributed by atoms with van der Waals surface area (Å²) in [7, 11) is 3.17. The van der Waals surface area contributed by atoms with E-state index in [9.17, 15) is 5.11 Å². The van der Waals surface area contributed by atoms with Gasteiger partial charge in [-0.2, -0.15) is 0 Å². The third-order valence-electron chi connectivity index (χ3n) is 2.71. The Kier molecular flexibility index (Phi) is 7.07. The van der Waals surface area contributed by atoms with Crippen LogP contribution in [0.3, 0.4) is 0 Å². The van der Waals surface area contributed by atoms with Gasteiger partial charge in [-0.3, -0.25) is 0 Å². The highest BCUT2D eigenvalue weighted by molar-refractivity contribution is 5.51. The smallest absolute Gasteiger partial charge is 0.203 e. The zero-order valence-electron chi connectivity index (χ0n) is 11.8. The Labute approximate surface area is 114 Å². The van der Waals surface area contributed by atoms with E-state index in [4.69, 9.17) is 14.2 Å². The average Bonchev–Trinajstić information content (AvgIpc) is 2.47. The van der Waals surface area contributed by atoms with Gasteiger partial charge in [0.25, 0.3) is 0 Å². The summed E-state index contributed by atoms with van der Waals surface area (Å²) in [5, 5.41) is 12.5. The summed E-state index contributed by atoms with van der Waals surface area (Å²) in [5.74, 6) is 1.79. The Morgan fingerprint density at radius 3 is 2.32 bits per heavy atom. The number of ether oxygens (including phenoxy) is 3. The number of methoxy groups -OCH3 is 2. The maximum atomic E-state index is 9.28. The molecule has 0 heterocycles. The summed E-state index contributed by atoms with van der Waals surface area (Å²) in [6, 6.07) is 5.36. The van der Waals surface area contributed by atoms with Crippen LogP contribution in [0.5, 0.6) is 17.2 Å². The molecule has 1 aromatic rings. The Hall–Kier alpha value is -1.46. The zero-order valence-corrected chi connectivity index (χ0v) is 11.8. The number of aliphatic hydroxyl groups is 1. The van der Waals surface area contributed by atoms with Crippen molar-refractivity contribution in [2.75, 3.05) is 34.0 Å². The van der Waals surface area contributed by atoms with Crippen molar-refractivity contribution in [1.29, 1.82) is 0 Å². The number of aliphatic hydroxyl groups excluding tert-OH is 1. The molecule has 0 aliphatic carbocycles. The minimum atomic E-state index is -0.102. The normalized spacial score (nSPS) is 12.0. The van der Waals surface area contributed by atoms with Gasteiger partial charge in [-0.05, 0) is 25.1 Å². The summed E-state index contributed by atoms with van der Waals surface area (Å²) in [5.41, 5.74) is 0. The van der Waals surface area contributed by atoms with Crippen LogP contribution in [0.15, 0.2) is 18.2 Å². The number of hydrogen-bond donors (Lipinski definition) is 2.